The van der Waals surface area contributed by atoms with Crippen molar-refractivity contribution in [3.63, 3.8) is 0 Å². The Morgan fingerprint density at radius 3 is 2.27 bits per heavy atom. The Kier molecular flexibility index (Phi) is 6.57. The molecular formula is C25H29BrN2O2. The van der Waals surface area contributed by atoms with Crippen molar-refractivity contribution in [1.82, 2.24) is 10.2 Å². The second-order valence-corrected chi connectivity index (χ2v) is 9.48. The number of carbonyl (C=O) groups excluding carboxylic acids is 2. The minimum Gasteiger partial charge on any atom is -0.353 e. The van der Waals surface area contributed by atoms with Gasteiger partial charge < -0.3 is 10.2 Å². The fourth-order valence-electron chi connectivity index (χ4n) is 4.66. The van der Waals surface area contributed by atoms with Crippen LogP contribution in [0, 0.1) is 0 Å². The molecule has 1 aliphatic heterocycles. The number of nitrogens with one attached hydrogen (secondary N) is 1. The number of nitrogens with zero attached hydrogens (tertiary/aromatic N) is 1. The number of piperidine rings is 1. The van der Waals surface area contributed by atoms with Crippen molar-refractivity contribution in [2.75, 3.05) is 13.1 Å². The van der Waals surface area contributed by atoms with Gasteiger partial charge in [-0.25, -0.2) is 0 Å². The van der Waals surface area contributed by atoms with Gasteiger partial charge in [-0.3, -0.25) is 9.59 Å². The van der Waals surface area contributed by atoms with Crippen LogP contribution in [0.3, 0.4) is 0 Å². The quantitative estimate of drug-likeness (QED) is 0.672. The van der Waals surface area contributed by atoms with Crippen molar-refractivity contribution in [3.05, 3.63) is 70.2 Å². The van der Waals surface area contributed by atoms with Gasteiger partial charge in [-0.05, 0) is 55.4 Å². The van der Waals surface area contributed by atoms with Crippen LogP contribution in [0.15, 0.2) is 59.1 Å². The number of rotatable bonds is 6. The van der Waals surface area contributed by atoms with Gasteiger partial charge in [0.15, 0.2) is 0 Å². The van der Waals surface area contributed by atoms with Crippen molar-refractivity contribution in [1.29, 1.82) is 0 Å². The lowest BCUT2D eigenvalue weighted by atomic mass is 9.63. The number of hydrogen-bond acceptors (Lipinski definition) is 2. The van der Waals surface area contributed by atoms with Crippen LogP contribution < -0.4 is 5.32 Å². The Hall–Kier alpha value is -2.14. The number of benzene rings is 2. The summed E-state index contributed by atoms with van der Waals surface area (Å²) in [6.07, 6.45) is 5.91. The zero-order valence-electron chi connectivity index (χ0n) is 17.3. The summed E-state index contributed by atoms with van der Waals surface area (Å²) in [5, 5.41) is 3.17. The first-order chi connectivity index (χ1) is 14.6. The highest BCUT2D eigenvalue weighted by Crippen LogP contribution is 2.45. The number of amides is 2. The molecule has 2 aromatic carbocycles. The van der Waals surface area contributed by atoms with E-state index >= 15 is 0 Å². The lowest BCUT2D eigenvalue weighted by Crippen LogP contribution is -2.55. The molecule has 5 heteroatoms. The predicted octanol–water partition coefficient (Wildman–Crippen LogP) is 4.61. The Labute approximate surface area is 187 Å². The first kappa shape index (κ1) is 21.1. The number of hydrogen-bond donors (Lipinski definition) is 1. The van der Waals surface area contributed by atoms with Crippen LogP contribution in [0.2, 0.25) is 0 Å². The highest BCUT2D eigenvalue weighted by molar-refractivity contribution is 9.10. The van der Waals surface area contributed by atoms with Crippen molar-refractivity contribution < 1.29 is 9.59 Å². The van der Waals surface area contributed by atoms with E-state index in [1.165, 1.54) is 5.56 Å². The maximum Gasteiger partial charge on any atom is 0.233 e. The van der Waals surface area contributed by atoms with E-state index < -0.39 is 0 Å². The molecule has 30 heavy (non-hydrogen) atoms. The summed E-state index contributed by atoms with van der Waals surface area (Å²) >= 11 is 3.49. The Morgan fingerprint density at radius 1 is 1.00 bits per heavy atom. The van der Waals surface area contributed by atoms with E-state index in [1.54, 1.807) is 0 Å². The number of likely N-dealkylation sites (tertiary alicyclic amines) is 1. The third-order valence-corrected chi connectivity index (χ3v) is 7.17. The van der Waals surface area contributed by atoms with Crippen LogP contribution >= 0.6 is 15.9 Å². The molecule has 0 aromatic heterocycles. The second kappa shape index (κ2) is 9.34. The largest absolute Gasteiger partial charge is 0.353 e. The van der Waals surface area contributed by atoms with Gasteiger partial charge in [0.1, 0.15) is 0 Å². The molecule has 0 radical (unpaired) electrons. The summed E-state index contributed by atoms with van der Waals surface area (Å²) in [7, 11) is 0. The van der Waals surface area contributed by atoms with E-state index in [2.05, 4.69) is 45.5 Å². The van der Waals surface area contributed by atoms with Crippen LogP contribution in [0.1, 0.15) is 49.7 Å². The maximum absolute atomic E-state index is 13.4. The topological polar surface area (TPSA) is 49.4 Å². The van der Waals surface area contributed by atoms with E-state index in [-0.39, 0.29) is 23.3 Å². The molecule has 1 saturated heterocycles. The number of halogens is 1. The average Bonchev–Trinajstić information content (AvgIpc) is 2.74. The zero-order chi connectivity index (χ0) is 21.0. The molecule has 0 atom stereocenters. The standard InChI is InChI=1S/C25H29BrN2O2/c26-21-10-8-20(9-11-21)25(15-4-16-25)24(30)28-17-13-22(14-18-28)27-23(29)12-7-19-5-2-1-3-6-19/h1-3,5-6,8-11,22H,4,7,12-18H2,(H,27,29). The summed E-state index contributed by atoms with van der Waals surface area (Å²) in [4.78, 5) is 27.8. The van der Waals surface area contributed by atoms with E-state index in [0.29, 0.717) is 6.42 Å². The van der Waals surface area contributed by atoms with Gasteiger partial charge >= 0.3 is 0 Å². The summed E-state index contributed by atoms with van der Waals surface area (Å²) in [6, 6.07) is 18.5. The molecule has 1 saturated carbocycles. The molecule has 1 aliphatic carbocycles. The molecule has 1 heterocycles. The van der Waals surface area contributed by atoms with Crippen molar-refractivity contribution in [2.24, 2.45) is 0 Å². The molecule has 0 unspecified atom stereocenters. The Morgan fingerprint density at radius 2 is 1.67 bits per heavy atom. The van der Waals surface area contributed by atoms with Crippen LogP contribution in [0.25, 0.3) is 0 Å². The molecule has 4 rings (SSSR count). The minimum absolute atomic E-state index is 0.106. The van der Waals surface area contributed by atoms with Crippen LogP contribution in [0.5, 0.6) is 0 Å². The zero-order valence-corrected chi connectivity index (χ0v) is 18.9. The smallest absolute Gasteiger partial charge is 0.233 e. The third-order valence-electron chi connectivity index (χ3n) is 6.64. The van der Waals surface area contributed by atoms with Crippen LogP contribution in [-0.4, -0.2) is 35.8 Å². The summed E-state index contributed by atoms with van der Waals surface area (Å²) < 4.78 is 1.04. The molecule has 4 nitrogen and oxygen atoms in total. The summed E-state index contributed by atoms with van der Waals surface area (Å²) in [5.74, 6) is 0.374. The maximum atomic E-state index is 13.4. The van der Waals surface area contributed by atoms with Gasteiger partial charge in [-0.2, -0.15) is 0 Å². The SMILES string of the molecule is O=C(CCc1ccccc1)NC1CCN(C(=O)C2(c3ccc(Br)cc3)CCC2)CC1. The van der Waals surface area contributed by atoms with Crippen molar-refractivity contribution in [2.45, 2.75) is 56.4 Å². The third kappa shape index (κ3) is 4.61. The first-order valence-electron chi connectivity index (χ1n) is 11.0. The Balaban J connectivity index is 1.28. The molecule has 2 aliphatic rings. The van der Waals surface area contributed by atoms with Gasteiger partial charge in [0.2, 0.25) is 11.8 Å². The number of aryl methyl sites for hydroxylation is 1. The van der Waals surface area contributed by atoms with Gasteiger partial charge in [0.25, 0.3) is 0 Å². The normalized spacial score (nSPS) is 18.5. The summed E-state index contributed by atoms with van der Waals surface area (Å²) in [5.41, 5.74) is 1.98. The highest BCUT2D eigenvalue weighted by Gasteiger charge is 2.48. The van der Waals surface area contributed by atoms with Gasteiger partial charge in [-0.15, -0.1) is 0 Å². The van der Waals surface area contributed by atoms with E-state index in [1.807, 2.05) is 35.2 Å². The molecule has 0 bridgehead atoms. The number of carbonyl (C=O) groups is 2. The summed E-state index contributed by atoms with van der Waals surface area (Å²) in [6.45, 7) is 1.45. The first-order valence-corrected chi connectivity index (χ1v) is 11.7. The highest BCUT2D eigenvalue weighted by atomic mass is 79.9. The average molecular weight is 469 g/mol. The fraction of sp³-hybridized carbons (Fsp3) is 0.440. The van der Waals surface area contributed by atoms with Crippen molar-refractivity contribution in [3.8, 4) is 0 Å². The van der Waals surface area contributed by atoms with Crippen LogP contribution in [-0.2, 0) is 21.4 Å². The van der Waals surface area contributed by atoms with E-state index in [9.17, 15) is 9.59 Å². The molecule has 2 amide bonds. The Bertz CT molecular complexity index is 870. The molecule has 158 valence electrons. The van der Waals surface area contributed by atoms with E-state index in [4.69, 9.17) is 0 Å². The lowest BCUT2D eigenvalue weighted by molar-refractivity contribution is -0.142. The van der Waals surface area contributed by atoms with E-state index in [0.717, 1.165) is 61.7 Å². The predicted molar refractivity (Wildman–Crippen MR) is 122 cm³/mol. The molecular weight excluding hydrogens is 440 g/mol. The second-order valence-electron chi connectivity index (χ2n) is 8.56. The van der Waals surface area contributed by atoms with Gasteiger partial charge in [-0.1, -0.05) is 64.8 Å². The van der Waals surface area contributed by atoms with Crippen LogP contribution in [0.4, 0.5) is 0 Å². The minimum atomic E-state index is -0.341. The fourth-order valence-corrected chi connectivity index (χ4v) is 4.92. The molecule has 0 spiro atoms. The van der Waals surface area contributed by atoms with Gasteiger partial charge in [0, 0.05) is 30.0 Å². The molecule has 1 N–H and O–H groups in total. The molecule has 2 fully saturated rings. The van der Waals surface area contributed by atoms with Crippen molar-refractivity contribution >= 4 is 27.7 Å². The molecule has 2 aromatic rings. The monoisotopic (exact) mass is 468 g/mol. The lowest BCUT2D eigenvalue weighted by Gasteiger charge is -2.45. The van der Waals surface area contributed by atoms with Gasteiger partial charge in [0.05, 0.1) is 5.41 Å².